The minimum Gasteiger partial charge on any atom is -0.480 e. The van der Waals surface area contributed by atoms with Crippen LogP contribution in [-0.2, 0) is 15.3 Å². The number of carbonyl (C=O) groups excluding carboxylic acids is 1. The van der Waals surface area contributed by atoms with Gasteiger partial charge in [-0.3, -0.25) is 4.79 Å². The molecule has 7 heteroatoms. The van der Waals surface area contributed by atoms with Gasteiger partial charge in [0.05, 0.1) is 0 Å². The van der Waals surface area contributed by atoms with E-state index in [1.54, 1.807) is 12.1 Å². The van der Waals surface area contributed by atoms with Crippen LogP contribution in [0.3, 0.4) is 0 Å². The Bertz CT molecular complexity index is 459. The molecule has 0 aliphatic carbocycles. The number of halogens is 2. The zero-order valence-electron chi connectivity index (χ0n) is 9.94. The lowest BCUT2D eigenvalue weighted by Crippen LogP contribution is -2.36. The Kier molecular flexibility index (Phi) is 6.86. The average molecular weight is 350 g/mol. The van der Waals surface area contributed by atoms with E-state index in [1.165, 1.54) is 17.8 Å². The summed E-state index contributed by atoms with van der Waals surface area (Å²) in [5.41, 5.74) is 0.573. The zero-order valence-corrected chi connectivity index (χ0v) is 12.3. The minimum atomic E-state index is -1.07. The molecule has 2 N–H and O–H groups in total. The number of carbonyl (C=O) groups is 2. The van der Waals surface area contributed by atoms with Crippen LogP contribution >= 0.6 is 27.7 Å². The molecule has 0 aliphatic heterocycles. The Balaban J connectivity index is 2.37. The van der Waals surface area contributed by atoms with Gasteiger partial charge < -0.3 is 10.4 Å². The molecule has 0 bridgehead atoms. The fraction of sp³-hybridized carbons (Fsp3) is 0.333. The first-order valence-electron chi connectivity index (χ1n) is 5.48. The molecule has 104 valence electrons. The summed E-state index contributed by atoms with van der Waals surface area (Å²) in [5.74, 6) is -0.370. The van der Waals surface area contributed by atoms with Crippen LogP contribution in [-0.4, -0.2) is 29.3 Å². The van der Waals surface area contributed by atoms with Gasteiger partial charge in [0.2, 0.25) is 6.41 Å². The third-order valence-electron chi connectivity index (χ3n) is 2.39. The number of carboxylic acid groups (broad SMARTS) is 1. The normalized spacial score (nSPS) is 11.9. The summed E-state index contributed by atoms with van der Waals surface area (Å²) in [5, 5.41) is 11.0. The Labute approximate surface area is 122 Å². The Morgan fingerprint density at radius 1 is 1.58 bits per heavy atom. The van der Waals surface area contributed by atoms with Gasteiger partial charge in [-0.1, -0.05) is 22.0 Å². The van der Waals surface area contributed by atoms with Crippen molar-refractivity contribution in [3.8, 4) is 0 Å². The molecule has 1 rings (SSSR count). The summed E-state index contributed by atoms with van der Waals surface area (Å²) in [4.78, 5) is 21.0. The predicted molar refractivity (Wildman–Crippen MR) is 75.5 cm³/mol. The first-order chi connectivity index (χ1) is 9.04. The van der Waals surface area contributed by atoms with E-state index in [9.17, 15) is 14.0 Å². The van der Waals surface area contributed by atoms with Crippen molar-refractivity contribution in [3.63, 3.8) is 0 Å². The van der Waals surface area contributed by atoms with E-state index in [0.717, 1.165) is 0 Å². The van der Waals surface area contributed by atoms with Gasteiger partial charge in [0, 0.05) is 10.2 Å². The third-order valence-corrected chi connectivity index (χ3v) is 3.92. The molecule has 0 heterocycles. The van der Waals surface area contributed by atoms with Crippen molar-refractivity contribution in [1.82, 2.24) is 5.32 Å². The minimum absolute atomic E-state index is 0.289. The molecule has 1 unspecified atom stereocenters. The second kappa shape index (κ2) is 8.16. The van der Waals surface area contributed by atoms with Crippen molar-refractivity contribution in [3.05, 3.63) is 34.1 Å². The van der Waals surface area contributed by atoms with Crippen molar-refractivity contribution >= 4 is 40.1 Å². The largest absolute Gasteiger partial charge is 0.480 e. The topological polar surface area (TPSA) is 66.4 Å². The van der Waals surface area contributed by atoms with Gasteiger partial charge in [-0.05, 0) is 29.9 Å². The Hall–Kier alpha value is -1.08. The van der Waals surface area contributed by atoms with E-state index in [4.69, 9.17) is 5.11 Å². The number of benzene rings is 1. The molecule has 0 saturated carbocycles. The third kappa shape index (κ3) is 5.61. The number of hydrogen-bond acceptors (Lipinski definition) is 3. The number of thioether (sulfide) groups is 1. The molecule has 1 aromatic carbocycles. The number of rotatable bonds is 8. The summed E-state index contributed by atoms with van der Waals surface area (Å²) >= 11 is 4.60. The van der Waals surface area contributed by atoms with Crippen LogP contribution in [0.2, 0.25) is 0 Å². The van der Waals surface area contributed by atoms with Gasteiger partial charge in [-0.15, -0.1) is 0 Å². The summed E-state index contributed by atoms with van der Waals surface area (Å²) < 4.78 is 14.2. The lowest BCUT2D eigenvalue weighted by molar-refractivity contribution is -0.140. The molecule has 0 spiro atoms. The van der Waals surface area contributed by atoms with Gasteiger partial charge in [0.1, 0.15) is 11.9 Å². The first-order valence-corrected chi connectivity index (χ1v) is 7.43. The van der Waals surface area contributed by atoms with Crippen molar-refractivity contribution in [2.24, 2.45) is 0 Å². The van der Waals surface area contributed by atoms with Gasteiger partial charge in [0.15, 0.2) is 0 Å². The predicted octanol–water partition coefficient (Wildman–Crippen LogP) is 2.41. The lowest BCUT2D eigenvalue weighted by Gasteiger charge is -2.10. The van der Waals surface area contributed by atoms with E-state index in [1.807, 2.05) is 0 Å². The molecule has 4 nitrogen and oxygen atoms in total. The summed E-state index contributed by atoms with van der Waals surface area (Å²) in [6, 6.07) is 3.95. The second-order valence-electron chi connectivity index (χ2n) is 3.75. The van der Waals surface area contributed by atoms with Gasteiger partial charge in [-0.2, -0.15) is 11.8 Å². The molecule has 0 fully saturated rings. The highest BCUT2D eigenvalue weighted by molar-refractivity contribution is 9.10. The molecular formula is C12H13BrFNO3S. The molecule has 0 aliphatic rings. The highest BCUT2D eigenvalue weighted by Gasteiger charge is 2.15. The molecular weight excluding hydrogens is 337 g/mol. The van der Waals surface area contributed by atoms with Crippen LogP contribution in [0.5, 0.6) is 0 Å². The SMILES string of the molecule is O=CNC(CCSCc1ccc(Br)cc1F)C(=O)O. The maximum Gasteiger partial charge on any atom is 0.326 e. The Morgan fingerprint density at radius 2 is 2.32 bits per heavy atom. The summed E-state index contributed by atoms with van der Waals surface area (Å²) in [6.45, 7) is 0. The smallest absolute Gasteiger partial charge is 0.326 e. The zero-order chi connectivity index (χ0) is 14.3. The molecule has 19 heavy (non-hydrogen) atoms. The van der Waals surface area contributed by atoms with Crippen LogP contribution in [0.25, 0.3) is 0 Å². The number of hydrogen-bond donors (Lipinski definition) is 2. The fourth-order valence-electron chi connectivity index (χ4n) is 1.38. The van der Waals surface area contributed by atoms with Gasteiger partial charge in [-0.25, -0.2) is 9.18 Å². The number of aliphatic carboxylic acids is 1. The molecule has 0 aromatic heterocycles. The van der Waals surface area contributed by atoms with E-state index in [-0.39, 0.29) is 5.82 Å². The van der Waals surface area contributed by atoms with Crippen LogP contribution in [0.1, 0.15) is 12.0 Å². The van der Waals surface area contributed by atoms with Crippen molar-refractivity contribution in [2.75, 3.05) is 5.75 Å². The van der Waals surface area contributed by atoms with Crippen LogP contribution in [0.4, 0.5) is 4.39 Å². The second-order valence-corrected chi connectivity index (χ2v) is 5.77. The van der Waals surface area contributed by atoms with Crippen molar-refractivity contribution in [1.29, 1.82) is 0 Å². The number of amides is 1. The Morgan fingerprint density at radius 3 is 2.89 bits per heavy atom. The van der Waals surface area contributed by atoms with Crippen LogP contribution in [0, 0.1) is 5.82 Å². The molecule has 0 radical (unpaired) electrons. The summed E-state index contributed by atoms with van der Waals surface area (Å²) in [7, 11) is 0. The van der Waals surface area contributed by atoms with E-state index in [0.29, 0.717) is 34.4 Å². The molecule has 1 amide bonds. The van der Waals surface area contributed by atoms with E-state index >= 15 is 0 Å². The van der Waals surface area contributed by atoms with Crippen molar-refractivity contribution < 1.29 is 19.1 Å². The van der Waals surface area contributed by atoms with Gasteiger partial charge >= 0.3 is 5.97 Å². The molecule has 1 aromatic rings. The first kappa shape index (κ1) is 16.0. The monoisotopic (exact) mass is 349 g/mol. The van der Waals surface area contributed by atoms with Gasteiger partial charge in [0.25, 0.3) is 0 Å². The maximum absolute atomic E-state index is 13.5. The molecule has 1 atom stereocenters. The van der Waals surface area contributed by atoms with Crippen LogP contribution < -0.4 is 5.32 Å². The van der Waals surface area contributed by atoms with E-state index < -0.39 is 12.0 Å². The lowest BCUT2D eigenvalue weighted by atomic mass is 10.2. The standard InChI is InChI=1S/C12H13BrFNO3S/c13-9-2-1-8(10(14)5-9)6-19-4-3-11(12(17)18)15-7-16/h1-2,5,7,11H,3-4,6H2,(H,15,16)(H,17,18). The fourth-order valence-corrected chi connectivity index (χ4v) is 2.72. The quantitative estimate of drug-likeness (QED) is 0.558. The highest BCUT2D eigenvalue weighted by Crippen LogP contribution is 2.20. The highest BCUT2D eigenvalue weighted by atomic mass is 79.9. The summed E-state index contributed by atoms with van der Waals surface area (Å²) in [6.07, 6.45) is 0.675. The van der Waals surface area contributed by atoms with E-state index in [2.05, 4.69) is 21.2 Å². The molecule has 0 saturated heterocycles. The van der Waals surface area contributed by atoms with Crippen molar-refractivity contribution in [2.45, 2.75) is 18.2 Å². The van der Waals surface area contributed by atoms with Crippen LogP contribution in [0.15, 0.2) is 22.7 Å². The maximum atomic E-state index is 13.5. The number of nitrogens with one attached hydrogen (secondary N) is 1. The average Bonchev–Trinajstić information content (AvgIpc) is 2.35. The number of carboxylic acids is 1.